The number of nitrogens with zero attached hydrogens (tertiary/aromatic N) is 3. The molecule has 0 atom stereocenters. The summed E-state index contributed by atoms with van der Waals surface area (Å²) in [5.41, 5.74) is 3.10. The second kappa shape index (κ2) is 11.0. The van der Waals surface area contributed by atoms with E-state index in [1.165, 1.54) is 18.2 Å². The summed E-state index contributed by atoms with van der Waals surface area (Å²) in [7, 11) is 0. The maximum absolute atomic E-state index is 13.1. The smallest absolute Gasteiger partial charge is 0.269 e. The van der Waals surface area contributed by atoms with Crippen molar-refractivity contribution in [3.05, 3.63) is 118 Å². The molecule has 0 aliphatic carbocycles. The number of nitro benzene ring substituents is 1. The van der Waals surface area contributed by atoms with Gasteiger partial charge < -0.3 is 15.1 Å². The van der Waals surface area contributed by atoms with Gasteiger partial charge in [0.05, 0.1) is 4.92 Å². The van der Waals surface area contributed by atoms with Crippen molar-refractivity contribution in [1.82, 2.24) is 4.90 Å². The lowest BCUT2D eigenvalue weighted by molar-refractivity contribution is -0.384. The average molecular weight is 507 g/mol. The fourth-order valence-electron chi connectivity index (χ4n) is 4.49. The summed E-state index contributed by atoms with van der Waals surface area (Å²) in [5, 5.41) is 15.7. The van der Waals surface area contributed by atoms with Crippen LogP contribution in [-0.4, -0.2) is 47.8 Å². The number of carbonyl (C=O) groups excluding carboxylic acids is 2. The van der Waals surface area contributed by atoms with Crippen LogP contribution in [0.5, 0.6) is 0 Å². The van der Waals surface area contributed by atoms with E-state index in [1.54, 1.807) is 18.2 Å². The Morgan fingerprint density at radius 1 is 0.816 bits per heavy atom. The van der Waals surface area contributed by atoms with E-state index in [1.807, 2.05) is 71.6 Å². The summed E-state index contributed by atoms with van der Waals surface area (Å²) in [6.45, 7) is 2.72. The Morgan fingerprint density at radius 2 is 1.50 bits per heavy atom. The van der Waals surface area contributed by atoms with E-state index in [0.29, 0.717) is 29.9 Å². The number of piperazine rings is 1. The maximum atomic E-state index is 13.1. The molecule has 8 heteroatoms. The van der Waals surface area contributed by atoms with Gasteiger partial charge in [-0.3, -0.25) is 19.7 Å². The third kappa shape index (κ3) is 5.70. The molecule has 0 saturated carbocycles. The Balaban J connectivity index is 1.13. The summed E-state index contributed by atoms with van der Waals surface area (Å²) in [6, 6.07) is 27.4. The molecule has 1 saturated heterocycles. The minimum absolute atomic E-state index is 0.00429. The van der Waals surface area contributed by atoms with Crippen LogP contribution in [0.15, 0.2) is 97.1 Å². The number of fused-ring (bicyclic) bond motifs is 1. The molecule has 38 heavy (non-hydrogen) atoms. The Morgan fingerprint density at radius 3 is 2.18 bits per heavy atom. The highest BCUT2D eigenvalue weighted by atomic mass is 16.6. The zero-order chi connectivity index (χ0) is 26.5. The van der Waals surface area contributed by atoms with Gasteiger partial charge in [0.1, 0.15) is 0 Å². The molecule has 0 bridgehead atoms. The van der Waals surface area contributed by atoms with Gasteiger partial charge in [0.2, 0.25) is 5.91 Å². The molecule has 0 unspecified atom stereocenters. The number of rotatable bonds is 6. The topological polar surface area (TPSA) is 95.8 Å². The number of amides is 2. The highest BCUT2D eigenvalue weighted by Crippen LogP contribution is 2.22. The van der Waals surface area contributed by atoms with Gasteiger partial charge in [0.15, 0.2) is 0 Å². The van der Waals surface area contributed by atoms with E-state index < -0.39 is 4.92 Å². The second-order valence-electron chi connectivity index (χ2n) is 9.06. The normalized spacial score (nSPS) is 13.6. The first-order chi connectivity index (χ1) is 18.5. The summed E-state index contributed by atoms with van der Waals surface area (Å²) < 4.78 is 0. The van der Waals surface area contributed by atoms with Crippen molar-refractivity contribution in [2.75, 3.05) is 36.4 Å². The minimum Gasteiger partial charge on any atom is -0.368 e. The van der Waals surface area contributed by atoms with E-state index in [0.717, 1.165) is 29.5 Å². The lowest BCUT2D eigenvalue weighted by atomic mass is 10.1. The summed E-state index contributed by atoms with van der Waals surface area (Å²) in [6.07, 6.45) is 2.99. The van der Waals surface area contributed by atoms with Crippen LogP contribution >= 0.6 is 0 Å². The number of hydrogen-bond donors (Lipinski definition) is 1. The number of non-ortho nitro benzene ring substituents is 1. The van der Waals surface area contributed by atoms with Gasteiger partial charge in [-0.25, -0.2) is 0 Å². The van der Waals surface area contributed by atoms with Crippen LogP contribution in [0.3, 0.4) is 0 Å². The van der Waals surface area contributed by atoms with E-state index >= 15 is 0 Å². The number of hydrogen-bond acceptors (Lipinski definition) is 5. The summed E-state index contributed by atoms with van der Waals surface area (Å²) in [4.78, 5) is 39.7. The first kappa shape index (κ1) is 24.7. The third-order valence-electron chi connectivity index (χ3n) is 6.59. The van der Waals surface area contributed by atoms with Crippen molar-refractivity contribution < 1.29 is 14.5 Å². The standard InChI is InChI=1S/C30H26N4O4/c35-29(16-7-22-5-12-28(13-6-22)34(37)38)31-26-10-14-27(15-11-26)32-17-19-33(20-18-32)30(36)25-9-8-23-3-1-2-4-24(23)21-25/h1-16,21H,17-20H2,(H,31,35). The Hall–Kier alpha value is -4.98. The van der Waals surface area contributed by atoms with Crippen LogP contribution in [0.4, 0.5) is 17.1 Å². The van der Waals surface area contributed by atoms with Gasteiger partial charge in [0, 0.05) is 61.3 Å². The van der Waals surface area contributed by atoms with Crippen LogP contribution < -0.4 is 10.2 Å². The number of nitrogens with one attached hydrogen (secondary N) is 1. The quantitative estimate of drug-likeness (QED) is 0.216. The number of anilines is 2. The Labute approximate surface area is 219 Å². The molecule has 4 aromatic carbocycles. The SMILES string of the molecule is O=C(C=Cc1ccc([N+](=O)[O-])cc1)Nc1ccc(N2CCN(C(=O)c3ccc4ccccc4c3)CC2)cc1. The van der Waals surface area contributed by atoms with E-state index in [2.05, 4.69) is 10.2 Å². The Kier molecular flexibility index (Phi) is 7.13. The van der Waals surface area contributed by atoms with Crippen LogP contribution in [0, 0.1) is 10.1 Å². The molecular formula is C30H26N4O4. The molecule has 1 N–H and O–H groups in total. The number of carbonyl (C=O) groups is 2. The molecule has 0 radical (unpaired) electrons. The van der Waals surface area contributed by atoms with Crippen molar-refractivity contribution in [1.29, 1.82) is 0 Å². The van der Waals surface area contributed by atoms with Gasteiger partial charge in [-0.2, -0.15) is 0 Å². The summed E-state index contributed by atoms with van der Waals surface area (Å²) >= 11 is 0. The highest BCUT2D eigenvalue weighted by Gasteiger charge is 2.22. The van der Waals surface area contributed by atoms with Crippen LogP contribution in [0.1, 0.15) is 15.9 Å². The fourth-order valence-corrected chi connectivity index (χ4v) is 4.49. The van der Waals surface area contributed by atoms with E-state index in [9.17, 15) is 19.7 Å². The molecule has 8 nitrogen and oxygen atoms in total. The van der Waals surface area contributed by atoms with Gasteiger partial charge in [0.25, 0.3) is 11.6 Å². The van der Waals surface area contributed by atoms with Gasteiger partial charge >= 0.3 is 0 Å². The highest BCUT2D eigenvalue weighted by molar-refractivity contribution is 6.02. The monoisotopic (exact) mass is 506 g/mol. The lowest BCUT2D eigenvalue weighted by Crippen LogP contribution is -2.48. The van der Waals surface area contributed by atoms with Crippen LogP contribution in [-0.2, 0) is 4.79 Å². The van der Waals surface area contributed by atoms with Crippen LogP contribution in [0.25, 0.3) is 16.8 Å². The van der Waals surface area contributed by atoms with Crippen molar-refractivity contribution in [3.8, 4) is 0 Å². The molecule has 1 aliphatic rings. The average Bonchev–Trinajstić information content (AvgIpc) is 2.96. The van der Waals surface area contributed by atoms with E-state index in [-0.39, 0.29) is 17.5 Å². The second-order valence-corrected chi connectivity index (χ2v) is 9.06. The predicted molar refractivity (Wildman–Crippen MR) is 149 cm³/mol. The van der Waals surface area contributed by atoms with Gasteiger partial charge in [-0.05, 0) is 70.9 Å². The molecular weight excluding hydrogens is 480 g/mol. The molecule has 2 amide bonds. The minimum atomic E-state index is -0.463. The molecule has 190 valence electrons. The largest absolute Gasteiger partial charge is 0.368 e. The summed E-state index contributed by atoms with van der Waals surface area (Å²) in [5.74, 6) is -0.243. The van der Waals surface area contributed by atoms with Gasteiger partial charge in [-0.15, -0.1) is 0 Å². The lowest BCUT2D eigenvalue weighted by Gasteiger charge is -2.36. The predicted octanol–water partition coefficient (Wildman–Crippen LogP) is 5.36. The fraction of sp³-hybridized carbons (Fsp3) is 0.133. The molecule has 0 aromatic heterocycles. The van der Waals surface area contributed by atoms with E-state index in [4.69, 9.17) is 0 Å². The zero-order valence-corrected chi connectivity index (χ0v) is 20.6. The van der Waals surface area contributed by atoms with Crippen molar-refractivity contribution in [2.24, 2.45) is 0 Å². The maximum Gasteiger partial charge on any atom is 0.269 e. The van der Waals surface area contributed by atoms with Crippen molar-refractivity contribution >= 4 is 45.7 Å². The molecule has 5 rings (SSSR count). The Bertz CT molecular complexity index is 1510. The zero-order valence-electron chi connectivity index (χ0n) is 20.6. The first-order valence-corrected chi connectivity index (χ1v) is 12.3. The number of nitro groups is 1. The molecule has 1 aliphatic heterocycles. The molecule has 4 aromatic rings. The molecule has 1 heterocycles. The van der Waals surface area contributed by atoms with Gasteiger partial charge in [-0.1, -0.05) is 30.3 Å². The van der Waals surface area contributed by atoms with Crippen LogP contribution in [0.2, 0.25) is 0 Å². The molecule has 1 fully saturated rings. The molecule has 0 spiro atoms. The third-order valence-corrected chi connectivity index (χ3v) is 6.59. The van der Waals surface area contributed by atoms with Crippen molar-refractivity contribution in [2.45, 2.75) is 0 Å². The first-order valence-electron chi connectivity index (χ1n) is 12.3. The number of benzene rings is 4. The van der Waals surface area contributed by atoms with Crippen molar-refractivity contribution in [3.63, 3.8) is 0 Å².